The molecule has 45 heavy (non-hydrogen) atoms. The molecule has 2 aromatic heterocycles. The maximum absolute atomic E-state index is 14.8. The van der Waals surface area contributed by atoms with Gasteiger partial charge in [-0.05, 0) is 55.7 Å². The number of halogens is 3. The Balaban J connectivity index is 1.46. The Hall–Kier alpha value is -4.89. The van der Waals surface area contributed by atoms with E-state index in [1.165, 1.54) is 28.1 Å². The van der Waals surface area contributed by atoms with Crippen LogP contribution in [0, 0.1) is 11.3 Å². The molecule has 0 spiro atoms. The fourth-order valence-corrected chi connectivity index (χ4v) is 6.26. The Morgan fingerprint density at radius 2 is 1.91 bits per heavy atom. The Morgan fingerprint density at radius 3 is 2.67 bits per heavy atom. The number of benzene rings is 2. The third-order valence-corrected chi connectivity index (χ3v) is 8.67. The third kappa shape index (κ3) is 6.08. The minimum absolute atomic E-state index is 0.0432. The van der Waals surface area contributed by atoms with Crippen LogP contribution in [-0.2, 0) is 14.4 Å². The zero-order valence-electron chi connectivity index (χ0n) is 23.9. The van der Waals surface area contributed by atoms with E-state index in [2.05, 4.69) is 20.5 Å². The number of H-pyrrole nitrogens is 1. The highest BCUT2D eigenvalue weighted by atomic mass is 35.5. The van der Waals surface area contributed by atoms with E-state index in [0.717, 1.165) is 5.39 Å². The van der Waals surface area contributed by atoms with E-state index in [1.807, 2.05) is 6.07 Å². The molecule has 0 bridgehead atoms. The topological polar surface area (TPSA) is 135 Å². The van der Waals surface area contributed by atoms with Crippen LogP contribution < -0.4 is 15.1 Å². The van der Waals surface area contributed by atoms with Crippen LogP contribution >= 0.6 is 11.6 Å². The van der Waals surface area contributed by atoms with Crippen LogP contribution in [0.15, 0.2) is 67.0 Å². The van der Waals surface area contributed by atoms with Crippen molar-refractivity contribution in [2.24, 2.45) is 0 Å². The smallest absolute Gasteiger partial charge is 0.251 e. The van der Waals surface area contributed by atoms with Gasteiger partial charge in [-0.2, -0.15) is 10.4 Å². The summed E-state index contributed by atoms with van der Waals surface area (Å²) in [7, 11) is 0. The summed E-state index contributed by atoms with van der Waals surface area (Å²) < 4.78 is 27.9. The Kier molecular flexibility index (Phi) is 8.20. The minimum Gasteiger partial charge on any atom is -0.351 e. The number of aromatic amines is 1. The zero-order valence-corrected chi connectivity index (χ0v) is 24.7. The van der Waals surface area contributed by atoms with Crippen molar-refractivity contribution >= 4 is 51.7 Å². The highest BCUT2D eigenvalue weighted by Gasteiger charge is 2.45. The number of fused-ring (bicyclic) bond motifs is 1. The zero-order chi connectivity index (χ0) is 31.7. The van der Waals surface area contributed by atoms with E-state index < -0.39 is 35.9 Å². The van der Waals surface area contributed by atoms with Crippen LogP contribution in [-0.4, -0.2) is 50.9 Å². The molecule has 2 aliphatic rings. The van der Waals surface area contributed by atoms with Gasteiger partial charge in [-0.25, -0.2) is 13.8 Å². The van der Waals surface area contributed by atoms with E-state index in [9.17, 15) is 28.4 Å². The molecule has 230 valence electrons. The first-order valence-electron chi connectivity index (χ1n) is 14.5. The molecule has 2 N–H and O–H groups in total. The van der Waals surface area contributed by atoms with E-state index in [1.54, 1.807) is 48.7 Å². The molecule has 3 heterocycles. The minimum atomic E-state index is -2.79. The summed E-state index contributed by atoms with van der Waals surface area (Å²) >= 11 is 6.66. The van der Waals surface area contributed by atoms with Crippen molar-refractivity contribution in [3.05, 3.63) is 83.1 Å². The summed E-state index contributed by atoms with van der Waals surface area (Å²) in [5, 5.41) is 20.3. The van der Waals surface area contributed by atoms with Gasteiger partial charge >= 0.3 is 0 Å². The molecule has 1 aliphatic carbocycles. The summed E-state index contributed by atoms with van der Waals surface area (Å²) in [5.74, 6) is -4.20. The van der Waals surface area contributed by atoms with Crippen LogP contribution in [0.3, 0.4) is 0 Å². The molecule has 1 saturated heterocycles. The van der Waals surface area contributed by atoms with Crippen molar-refractivity contribution in [1.82, 2.24) is 20.5 Å². The highest BCUT2D eigenvalue weighted by Crippen LogP contribution is 2.38. The highest BCUT2D eigenvalue weighted by molar-refractivity contribution is 6.31. The molecule has 2 aromatic carbocycles. The van der Waals surface area contributed by atoms with Crippen LogP contribution in [0.5, 0.6) is 0 Å². The second-order valence-corrected chi connectivity index (χ2v) is 11.7. The SMILES string of the molecule is N#Cc1ccnc(N2C(=O)CC[C@H]2C(=O)N(c2ccc3cn[nH]c3c2)C(C(=O)NC2CCC(F)(F)CC2)c2ccccc2Cl)c1. The van der Waals surface area contributed by atoms with E-state index >= 15 is 0 Å². The Labute approximate surface area is 262 Å². The number of aromatic nitrogens is 3. The van der Waals surface area contributed by atoms with Crippen molar-refractivity contribution < 1.29 is 23.2 Å². The number of nitrogens with zero attached hydrogens (tertiary/aromatic N) is 5. The van der Waals surface area contributed by atoms with Gasteiger partial charge in [0, 0.05) is 53.2 Å². The third-order valence-electron chi connectivity index (χ3n) is 8.33. The second-order valence-electron chi connectivity index (χ2n) is 11.2. The maximum atomic E-state index is 14.8. The number of carbonyl (C=O) groups is 3. The average Bonchev–Trinajstić information content (AvgIpc) is 3.67. The molecule has 10 nitrogen and oxygen atoms in total. The lowest BCUT2D eigenvalue weighted by atomic mass is 9.91. The first-order chi connectivity index (χ1) is 21.6. The molecule has 0 radical (unpaired) electrons. The van der Waals surface area contributed by atoms with Gasteiger partial charge in [0.15, 0.2) is 0 Å². The first kappa shape index (κ1) is 30.1. The summed E-state index contributed by atoms with van der Waals surface area (Å²) in [5.41, 5.74) is 1.50. The molecule has 4 aromatic rings. The summed E-state index contributed by atoms with van der Waals surface area (Å²) in [6.07, 6.45) is 2.62. The molecule has 1 saturated carbocycles. The number of carbonyl (C=O) groups excluding carboxylic acids is 3. The predicted octanol–water partition coefficient (Wildman–Crippen LogP) is 5.45. The normalized spacial score (nSPS) is 18.8. The fraction of sp³-hybridized carbons (Fsp3) is 0.312. The monoisotopic (exact) mass is 631 g/mol. The number of amides is 3. The standard InChI is InChI=1S/C32H28ClF2N7O3/c33-24-4-2-1-3-23(24)29(30(44)39-21-9-12-32(34,35)13-10-21)41(22-6-5-20-18-38-40-25(20)16-22)31(45)26-7-8-28(43)42(26)27-15-19(17-36)11-14-37-27/h1-6,11,14-16,18,21,26,29H,7-10,12-13H2,(H,38,40)(H,39,44)/t26-,29?/m0/s1. The van der Waals surface area contributed by atoms with Crippen molar-refractivity contribution in [2.75, 3.05) is 9.80 Å². The molecule has 2 atom stereocenters. The van der Waals surface area contributed by atoms with Crippen LogP contribution in [0.1, 0.15) is 55.7 Å². The van der Waals surface area contributed by atoms with Crippen molar-refractivity contribution in [3.63, 3.8) is 0 Å². The van der Waals surface area contributed by atoms with Gasteiger partial charge in [-0.15, -0.1) is 0 Å². The maximum Gasteiger partial charge on any atom is 0.251 e. The van der Waals surface area contributed by atoms with Crippen LogP contribution in [0.4, 0.5) is 20.3 Å². The molecular weight excluding hydrogens is 604 g/mol. The lowest BCUT2D eigenvalue weighted by Crippen LogP contribution is -2.53. The van der Waals surface area contributed by atoms with Gasteiger partial charge in [0.25, 0.3) is 5.91 Å². The summed E-state index contributed by atoms with van der Waals surface area (Å²) in [4.78, 5) is 49.1. The number of anilines is 2. The van der Waals surface area contributed by atoms with Gasteiger partial charge < -0.3 is 5.32 Å². The van der Waals surface area contributed by atoms with Gasteiger partial charge in [0.05, 0.1) is 23.3 Å². The molecule has 3 amide bonds. The predicted molar refractivity (Wildman–Crippen MR) is 163 cm³/mol. The fourth-order valence-electron chi connectivity index (χ4n) is 6.02. The quantitative estimate of drug-likeness (QED) is 0.279. The molecule has 6 rings (SSSR count). The lowest BCUT2D eigenvalue weighted by molar-refractivity contribution is -0.128. The summed E-state index contributed by atoms with van der Waals surface area (Å²) in [6, 6.07) is 13.7. The molecule has 1 aliphatic heterocycles. The van der Waals surface area contributed by atoms with Gasteiger partial charge in [-0.1, -0.05) is 29.8 Å². The Morgan fingerprint density at radius 1 is 1.13 bits per heavy atom. The molecular formula is C32H28ClF2N7O3. The largest absolute Gasteiger partial charge is 0.351 e. The van der Waals surface area contributed by atoms with E-state index in [-0.39, 0.29) is 60.8 Å². The first-order valence-corrected chi connectivity index (χ1v) is 14.9. The van der Waals surface area contributed by atoms with Crippen molar-refractivity contribution in [3.8, 4) is 6.07 Å². The lowest BCUT2D eigenvalue weighted by Gasteiger charge is -2.37. The number of hydrogen-bond acceptors (Lipinski definition) is 6. The van der Waals surface area contributed by atoms with Crippen LogP contribution in [0.2, 0.25) is 5.02 Å². The molecule has 2 fully saturated rings. The summed E-state index contributed by atoms with van der Waals surface area (Å²) in [6.45, 7) is 0. The van der Waals surface area contributed by atoms with Crippen molar-refractivity contribution in [1.29, 1.82) is 5.26 Å². The number of rotatable bonds is 7. The molecule has 13 heteroatoms. The van der Waals surface area contributed by atoms with Gasteiger partial charge in [-0.3, -0.25) is 29.3 Å². The number of pyridine rings is 1. The van der Waals surface area contributed by atoms with Crippen LogP contribution in [0.25, 0.3) is 10.9 Å². The number of hydrogen-bond donors (Lipinski definition) is 2. The number of nitrogens with one attached hydrogen (secondary N) is 2. The van der Waals surface area contributed by atoms with Gasteiger partial charge in [0.2, 0.25) is 17.7 Å². The Bertz CT molecular complexity index is 1810. The average molecular weight is 632 g/mol. The van der Waals surface area contributed by atoms with E-state index in [0.29, 0.717) is 16.8 Å². The number of nitriles is 1. The van der Waals surface area contributed by atoms with Crippen molar-refractivity contribution in [2.45, 2.75) is 62.6 Å². The van der Waals surface area contributed by atoms with Gasteiger partial charge in [0.1, 0.15) is 17.9 Å². The van der Waals surface area contributed by atoms with E-state index in [4.69, 9.17) is 11.6 Å². The number of alkyl halides is 2. The molecule has 1 unspecified atom stereocenters. The second kappa shape index (κ2) is 12.2.